The molecule has 0 spiro atoms. The highest BCUT2D eigenvalue weighted by Crippen LogP contribution is 2.37. The molecule has 0 heterocycles. The van der Waals surface area contributed by atoms with Crippen LogP contribution in [0.15, 0.2) is 70.0 Å². The number of alkyl halides is 3. The summed E-state index contributed by atoms with van der Waals surface area (Å²) in [4.78, 5) is 11.4. The topological polar surface area (TPSA) is 72.5 Å². The maximum atomic E-state index is 13.7. The molecule has 32 heavy (non-hydrogen) atoms. The Kier molecular flexibility index (Phi) is 6.61. The minimum Gasteiger partial charge on any atom is -0.465 e. The van der Waals surface area contributed by atoms with Crippen molar-refractivity contribution in [2.24, 2.45) is 0 Å². The number of carbonyl (C=O) groups is 1. The normalized spacial score (nSPS) is 11.8. The van der Waals surface area contributed by atoms with Crippen molar-refractivity contribution in [3.8, 4) is 11.1 Å². The van der Waals surface area contributed by atoms with Gasteiger partial charge >= 0.3 is 12.1 Å². The fraction of sp³-hybridized carbons (Fsp3) is 0.0952. The molecule has 0 aromatic heterocycles. The van der Waals surface area contributed by atoms with Gasteiger partial charge in [0.2, 0.25) is 0 Å². The van der Waals surface area contributed by atoms with Gasteiger partial charge in [-0.2, -0.15) is 13.2 Å². The highest BCUT2D eigenvalue weighted by atomic mass is 79.9. The smallest absolute Gasteiger partial charge is 0.416 e. The average Bonchev–Trinajstić information content (AvgIpc) is 2.72. The van der Waals surface area contributed by atoms with Crippen molar-refractivity contribution in [3.05, 3.63) is 82.1 Å². The maximum Gasteiger partial charge on any atom is 0.416 e. The number of hydrogen-bond acceptors (Lipinski definition) is 4. The van der Waals surface area contributed by atoms with E-state index in [1.165, 1.54) is 24.3 Å². The van der Waals surface area contributed by atoms with Crippen LogP contribution in [0.1, 0.15) is 15.9 Å². The highest BCUT2D eigenvalue weighted by Gasteiger charge is 2.32. The average molecular weight is 532 g/mol. The fourth-order valence-electron chi connectivity index (χ4n) is 2.87. The minimum absolute atomic E-state index is 0.0290. The molecule has 0 bridgehead atoms. The molecule has 3 rings (SSSR count). The summed E-state index contributed by atoms with van der Waals surface area (Å²) in [7, 11) is -3.36. The molecule has 3 aromatic carbocycles. The molecule has 0 unspecified atom stereocenters. The molecule has 0 saturated carbocycles. The molecule has 5 nitrogen and oxygen atoms in total. The van der Waals surface area contributed by atoms with E-state index in [-0.39, 0.29) is 21.2 Å². The summed E-state index contributed by atoms with van der Waals surface area (Å²) in [6.07, 6.45) is -4.74. The lowest BCUT2D eigenvalue weighted by molar-refractivity contribution is -0.137. The zero-order valence-electron chi connectivity index (χ0n) is 16.2. The third-order valence-corrected chi connectivity index (χ3v) is 6.73. The van der Waals surface area contributed by atoms with Crippen LogP contribution in [-0.4, -0.2) is 21.5 Å². The number of anilines is 1. The van der Waals surface area contributed by atoms with Gasteiger partial charge in [0.1, 0.15) is 10.7 Å². The van der Waals surface area contributed by atoms with Gasteiger partial charge in [-0.15, -0.1) is 0 Å². The molecular weight excluding hydrogens is 518 g/mol. The molecule has 0 amide bonds. The number of esters is 1. The predicted molar refractivity (Wildman–Crippen MR) is 113 cm³/mol. The first kappa shape index (κ1) is 23.7. The van der Waals surface area contributed by atoms with Gasteiger partial charge in [-0.3, -0.25) is 4.72 Å². The van der Waals surface area contributed by atoms with Gasteiger partial charge in [0.15, 0.2) is 0 Å². The Morgan fingerprint density at radius 2 is 1.75 bits per heavy atom. The van der Waals surface area contributed by atoms with E-state index in [2.05, 4.69) is 25.4 Å². The molecule has 0 aliphatic rings. The Morgan fingerprint density at radius 3 is 2.38 bits per heavy atom. The summed E-state index contributed by atoms with van der Waals surface area (Å²) in [6, 6.07) is 11.1. The zero-order chi connectivity index (χ0) is 23.7. The van der Waals surface area contributed by atoms with Crippen LogP contribution < -0.4 is 4.72 Å². The number of carbonyl (C=O) groups excluding carboxylic acids is 1. The van der Waals surface area contributed by atoms with Crippen LogP contribution >= 0.6 is 15.9 Å². The number of nitrogens with one attached hydrogen (secondary N) is 1. The van der Waals surface area contributed by atoms with Crippen LogP contribution in [0.2, 0.25) is 0 Å². The molecule has 0 fully saturated rings. The molecule has 0 atom stereocenters. The van der Waals surface area contributed by atoms with E-state index in [0.717, 1.165) is 37.4 Å². The standard InChI is InChI=1S/C21H14BrF4NO4S/c1-31-20(28)13-5-8-17(22)19(10-13)32(29,30)27-18-11-14(21(24,25)26)6-7-16(18)12-3-2-4-15(23)9-12/h2-11,27H,1H3. The minimum atomic E-state index is -4.74. The molecule has 0 saturated heterocycles. The van der Waals surface area contributed by atoms with Gasteiger partial charge in [0.05, 0.1) is 23.9 Å². The second-order valence-corrected chi connectivity index (χ2v) is 9.02. The molecule has 0 aliphatic carbocycles. The summed E-state index contributed by atoms with van der Waals surface area (Å²) < 4.78 is 86.4. The molecule has 0 radical (unpaired) electrons. The van der Waals surface area contributed by atoms with Gasteiger partial charge in [-0.25, -0.2) is 17.6 Å². The summed E-state index contributed by atoms with van der Waals surface area (Å²) >= 11 is 3.07. The molecule has 3 aromatic rings. The summed E-state index contributed by atoms with van der Waals surface area (Å²) in [6.45, 7) is 0. The quantitative estimate of drug-likeness (QED) is 0.330. The summed E-state index contributed by atoms with van der Waals surface area (Å²) in [5, 5.41) is 0. The van der Waals surface area contributed by atoms with Crippen LogP contribution in [0.3, 0.4) is 0 Å². The van der Waals surface area contributed by atoms with Crippen LogP contribution in [0.25, 0.3) is 11.1 Å². The van der Waals surface area contributed by atoms with E-state index in [9.17, 15) is 30.8 Å². The van der Waals surface area contributed by atoms with Crippen LogP contribution in [-0.2, 0) is 20.9 Å². The Hall–Kier alpha value is -2.92. The van der Waals surface area contributed by atoms with Gasteiger partial charge in [-0.05, 0) is 64.0 Å². The lowest BCUT2D eigenvalue weighted by Crippen LogP contribution is -2.16. The lowest BCUT2D eigenvalue weighted by atomic mass is 10.0. The van der Waals surface area contributed by atoms with E-state index >= 15 is 0 Å². The highest BCUT2D eigenvalue weighted by molar-refractivity contribution is 9.10. The number of rotatable bonds is 5. The Bertz CT molecular complexity index is 1290. The Morgan fingerprint density at radius 1 is 1.03 bits per heavy atom. The van der Waals surface area contributed by atoms with E-state index < -0.39 is 44.1 Å². The number of benzene rings is 3. The molecule has 11 heteroatoms. The number of halogens is 5. The first-order valence-corrected chi connectivity index (χ1v) is 11.1. The van der Waals surface area contributed by atoms with E-state index in [0.29, 0.717) is 6.07 Å². The summed E-state index contributed by atoms with van der Waals surface area (Å²) in [5.74, 6) is -1.45. The van der Waals surface area contributed by atoms with Crippen molar-refractivity contribution in [3.63, 3.8) is 0 Å². The van der Waals surface area contributed by atoms with E-state index in [1.807, 2.05) is 0 Å². The molecule has 0 aliphatic heterocycles. The van der Waals surface area contributed by atoms with Crippen molar-refractivity contribution in [2.75, 3.05) is 11.8 Å². The lowest BCUT2D eigenvalue weighted by Gasteiger charge is -2.17. The number of hydrogen-bond donors (Lipinski definition) is 1. The number of ether oxygens (including phenoxy) is 1. The number of methoxy groups -OCH3 is 1. The third-order valence-electron chi connectivity index (χ3n) is 4.37. The van der Waals surface area contributed by atoms with Crippen molar-refractivity contribution in [2.45, 2.75) is 11.1 Å². The van der Waals surface area contributed by atoms with Gasteiger partial charge in [0.25, 0.3) is 10.0 Å². The second-order valence-electron chi connectivity index (χ2n) is 6.51. The second kappa shape index (κ2) is 8.91. The van der Waals surface area contributed by atoms with Gasteiger partial charge in [0, 0.05) is 10.0 Å². The van der Waals surface area contributed by atoms with Crippen LogP contribution in [0.4, 0.5) is 23.2 Å². The molecular formula is C21H14BrF4NO4S. The Labute approximate surface area is 189 Å². The van der Waals surface area contributed by atoms with E-state index in [1.54, 1.807) is 0 Å². The first-order chi connectivity index (χ1) is 14.9. The van der Waals surface area contributed by atoms with Crippen molar-refractivity contribution in [1.29, 1.82) is 0 Å². The SMILES string of the molecule is COC(=O)c1ccc(Br)c(S(=O)(=O)Nc2cc(C(F)(F)F)ccc2-c2cccc(F)c2)c1. The van der Waals surface area contributed by atoms with Crippen molar-refractivity contribution in [1.82, 2.24) is 0 Å². The van der Waals surface area contributed by atoms with Gasteiger partial charge < -0.3 is 4.74 Å². The van der Waals surface area contributed by atoms with Gasteiger partial charge in [-0.1, -0.05) is 18.2 Å². The fourth-order valence-corrected chi connectivity index (χ4v) is 4.93. The first-order valence-electron chi connectivity index (χ1n) is 8.80. The largest absolute Gasteiger partial charge is 0.465 e. The zero-order valence-corrected chi connectivity index (χ0v) is 18.6. The third kappa shape index (κ3) is 5.10. The van der Waals surface area contributed by atoms with Crippen molar-refractivity contribution < 1.29 is 35.5 Å². The predicted octanol–water partition coefficient (Wildman–Crippen LogP) is 5.86. The summed E-state index contributed by atoms with van der Waals surface area (Å²) in [5.41, 5.74) is -1.40. The molecule has 168 valence electrons. The van der Waals surface area contributed by atoms with Crippen molar-refractivity contribution >= 4 is 37.6 Å². The maximum absolute atomic E-state index is 13.7. The molecule has 1 N–H and O–H groups in total. The van der Waals surface area contributed by atoms with Crippen LogP contribution in [0.5, 0.6) is 0 Å². The monoisotopic (exact) mass is 531 g/mol. The number of sulfonamides is 1. The van der Waals surface area contributed by atoms with Crippen LogP contribution in [0, 0.1) is 5.82 Å². The Balaban J connectivity index is 2.15. The van der Waals surface area contributed by atoms with E-state index in [4.69, 9.17) is 0 Å².